The van der Waals surface area contributed by atoms with Crippen molar-refractivity contribution in [3.8, 4) is 5.75 Å². The van der Waals surface area contributed by atoms with E-state index in [-0.39, 0.29) is 0 Å². The molecule has 0 saturated carbocycles. The van der Waals surface area contributed by atoms with E-state index in [2.05, 4.69) is 29.0 Å². The van der Waals surface area contributed by atoms with Crippen LogP contribution in [-0.4, -0.2) is 16.6 Å². The van der Waals surface area contributed by atoms with E-state index >= 15 is 0 Å². The third kappa shape index (κ3) is 3.82. The molecule has 3 rings (SSSR count). The molecule has 0 fully saturated rings. The monoisotopic (exact) mass is 321 g/mol. The van der Waals surface area contributed by atoms with Crippen LogP contribution < -0.4 is 10.5 Å². The summed E-state index contributed by atoms with van der Waals surface area (Å²) in [5.74, 6) is 1.28. The van der Waals surface area contributed by atoms with Gasteiger partial charge in [-0.1, -0.05) is 49.7 Å². The second-order valence-electron chi connectivity index (χ2n) is 5.86. The number of benzene rings is 2. The van der Waals surface area contributed by atoms with Gasteiger partial charge in [0.1, 0.15) is 5.75 Å². The molecule has 24 heavy (non-hydrogen) atoms. The first-order valence-electron chi connectivity index (χ1n) is 8.49. The second kappa shape index (κ2) is 7.77. The summed E-state index contributed by atoms with van der Waals surface area (Å²) in [6.07, 6.45) is 4.11. The van der Waals surface area contributed by atoms with Crippen molar-refractivity contribution in [3.63, 3.8) is 0 Å². The summed E-state index contributed by atoms with van der Waals surface area (Å²) in [5.41, 5.74) is 8.91. The van der Waals surface area contributed by atoms with Gasteiger partial charge in [-0.15, -0.1) is 0 Å². The second-order valence-corrected chi connectivity index (χ2v) is 5.86. The molecule has 1 aromatic heterocycles. The zero-order chi connectivity index (χ0) is 16.8. The third-order valence-corrected chi connectivity index (χ3v) is 4.07. The molecule has 0 aliphatic rings. The molecule has 0 aliphatic heterocycles. The molecule has 1 heterocycles. The summed E-state index contributed by atoms with van der Waals surface area (Å²) in [4.78, 5) is 8.67. The largest absolute Gasteiger partial charge is 0.493 e. The van der Waals surface area contributed by atoms with E-state index in [1.807, 2.05) is 36.4 Å². The number of nitrogen functional groups attached to an aromatic ring is 1. The number of rotatable bonds is 7. The Morgan fingerprint density at radius 1 is 0.958 bits per heavy atom. The lowest BCUT2D eigenvalue weighted by Gasteiger charge is -2.12. The lowest BCUT2D eigenvalue weighted by Crippen LogP contribution is -2.07. The van der Waals surface area contributed by atoms with E-state index in [1.165, 1.54) is 18.4 Å². The molecule has 2 aromatic carbocycles. The summed E-state index contributed by atoms with van der Waals surface area (Å²) in [5, 5.41) is 1.04. The predicted molar refractivity (Wildman–Crippen MR) is 98.2 cm³/mol. The SMILES string of the molecule is CCCCc1ccccc1OCCc1nc(N)nc2ccccc12. The average molecular weight is 321 g/mol. The highest BCUT2D eigenvalue weighted by molar-refractivity contribution is 5.81. The van der Waals surface area contributed by atoms with Crippen LogP contribution in [0.25, 0.3) is 10.9 Å². The maximum atomic E-state index is 6.03. The van der Waals surface area contributed by atoms with Gasteiger partial charge >= 0.3 is 0 Å². The Bertz CT molecular complexity index is 817. The fourth-order valence-electron chi connectivity index (χ4n) is 2.83. The number of nitrogens with two attached hydrogens (primary N) is 1. The first-order valence-corrected chi connectivity index (χ1v) is 8.49. The molecule has 0 bridgehead atoms. The van der Waals surface area contributed by atoms with Gasteiger partial charge < -0.3 is 10.5 Å². The van der Waals surface area contributed by atoms with Gasteiger partial charge in [-0.05, 0) is 30.5 Å². The normalized spacial score (nSPS) is 10.9. The minimum absolute atomic E-state index is 0.312. The Labute approximate surface area is 142 Å². The van der Waals surface area contributed by atoms with Gasteiger partial charge in [0, 0.05) is 11.8 Å². The summed E-state index contributed by atoms with van der Waals surface area (Å²) in [6.45, 7) is 2.78. The van der Waals surface area contributed by atoms with Gasteiger partial charge in [-0.2, -0.15) is 0 Å². The van der Waals surface area contributed by atoms with Crippen molar-refractivity contribution in [1.82, 2.24) is 9.97 Å². The molecule has 2 N–H and O–H groups in total. The van der Waals surface area contributed by atoms with Crippen molar-refractivity contribution in [2.45, 2.75) is 32.6 Å². The molecule has 124 valence electrons. The molecular formula is C20H23N3O. The third-order valence-electron chi connectivity index (χ3n) is 4.07. The standard InChI is InChI=1S/C20H23N3O/c1-2-3-8-15-9-4-7-12-19(15)24-14-13-18-16-10-5-6-11-17(16)22-20(21)23-18/h4-7,9-12H,2-3,8,13-14H2,1H3,(H2,21,22,23). The van der Waals surface area contributed by atoms with E-state index in [9.17, 15) is 0 Å². The Hall–Kier alpha value is -2.62. The first kappa shape index (κ1) is 16.2. The van der Waals surface area contributed by atoms with Crippen LogP contribution in [0, 0.1) is 0 Å². The number of aromatic nitrogens is 2. The first-order chi connectivity index (χ1) is 11.8. The summed E-state index contributed by atoms with van der Waals surface area (Å²) < 4.78 is 6.03. The highest BCUT2D eigenvalue weighted by atomic mass is 16.5. The molecule has 0 atom stereocenters. The number of aryl methyl sites for hydroxylation is 1. The van der Waals surface area contributed by atoms with Crippen molar-refractivity contribution in [2.24, 2.45) is 0 Å². The summed E-state index contributed by atoms with van der Waals surface area (Å²) >= 11 is 0. The van der Waals surface area contributed by atoms with Gasteiger partial charge in [0.05, 0.1) is 17.8 Å². The van der Waals surface area contributed by atoms with E-state index in [4.69, 9.17) is 10.5 Å². The molecule has 3 aromatic rings. The van der Waals surface area contributed by atoms with Gasteiger partial charge in [0.25, 0.3) is 0 Å². The van der Waals surface area contributed by atoms with Crippen molar-refractivity contribution < 1.29 is 4.74 Å². The van der Waals surface area contributed by atoms with Gasteiger partial charge in [-0.3, -0.25) is 0 Å². The van der Waals surface area contributed by atoms with Gasteiger partial charge in [-0.25, -0.2) is 9.97 Å². The molecule has 0 aliphatic carbocycles. The van der Waals surface area contributed by atoms with Crippen LogP contribution >= 0.6 is 0 Å². The van der Waals surface area contributed by atoms with Crippen LogP contribution in [0.5, 0.6) is 5.75 Å². The average Bonchev–Trinajstić information content (AvgIpc) is 2.60. The Kier molecular flexibility index (Phi) is 5.26. The molecule has 4 nitrogen and oxygen atoms in total. The number of hydrogen-bond acceptors (Lipinski definition) is 4. The lowest BCUT2D eigenvalue weighted by atomic mass is 10.1. The van der Waals surface area contributed by atoms with E-state index in [1.54, 1.807) is 0 Å². The number of hydrogen-bond donors (Lipinski definition) is 1. The Morgan fingerprint density at radius 3 is 2.62 bits per heavy atom. The van der Waals surface area contributed by atoms with Crippen molar-refractivity contribution >= 4 is 16.9 Å². The molecule has 0 amide bonds. The van der Waals surface area contributed by atoms with Gasteiger partial charge in [0.2, 0.25) is 5.95 Å². The van der Waals surface area contributed by atoms with Crippen molar-refractivity contribution in [3.05, 3.63) is 59.8 Å². The smallest absolute Gasteiger partial charge is 0.220 e. The maximum Gasteiger partial charge on any atom is 0.220 e. The molecule has 0 radical (unpaired) electrons. The topological polar surface area (TPSA) is 61.0 Å². The number of fused-ring (bicyclic) bond motifs is 1. The molecule has 0 unspecified atom stereocenters. The lowest BCUT2D eigenvalue weighted by molar-refractivity contribution is 0.317. The van der Waals surface area contributed by atoms with Crippen LogP contribution in [0.4, 0.5) is 5.95 Å². The molecule has 4 heteroatoms. The Balaban J connectivity index is 1.71. The Morgan fingerprint density at radius 2 is 1.75 bits per heavy atom. The van der Waals surface area contributed by atoms with E-state index in [0.717, 1.165) is 28.8 Å². The summed E-state index contributed by atoms with van der Waals surface area (Å²) in [6, 6.07) is 16.2. The van der Waals surface area contributed by atoms with E-state index < -0.39 is 0 Å². The van der Waals surface area contributed by atoms with E-state index in [0.29, 0.717) is 19.0 Å². The van der Waals surface area contributed by atoms with Crippen LogP contribution in [0.1, 0.15) is 31.0 Å². The van der Waals surface area contributed by atoms with Crippen LogP contribution in [0.2, 0.25) is 0 Å². The highest BCUT2D eigenvalue weighted by Gasteiger charge is 2.07. The zero-order valence-corrected chi connectivity index (χ0v) is 14.0. The number of nitrogens with zero attached hydrogens (tertiary/aromatic N) is 2. The summed E-state index contributed by atoms with van der Waals surface area (Å²) in [7, 11) is 0. The van der Waals surface area contributed by atoms with Crippen molar-refractivity contribution in [2.75, 3.05) is 12.3 Å². The maximum absolute atomic E-state index is 6.03. The number of ether oxygens (including phenoxy) is 1. The van der Waals surface area contributed by atoms with Crippen molar-refractivity contribution in [1.29, 1.82) is 0 Å². The molecular weight excluding hydrogens is 298 g/mol. The quantitative estimate of drug-likeness (QED) is 0.709. The zero-order valence-electron chi connectivity index (χ0n) is 14.0. The van der Waals surface area contributed by atoms with Crippen LogP contribution in [-0.2, 0) is 12.8 Å². The fraction of sp³-hybridized carbons (Fsp3) is 0.300. The highest BCUT2D eigenvalue weighted by Crippen LogP contribution is 2.21. The van der Waals surface area contributed by atoms with Crippen LogP contribution in [0.3, 0.4) is 0 Å². The predicted octanol–water partition coefficient (Wildman–Crippen LogP) is 4.18. The molecule has 0 spiro atoms. The molecule has 0 saturated heterocycles. The van der Waals surface area contributed by atoms with Crippen LogP contribution in [0.15, 0.2) is 48.5 Å². The number of unbranched alkanes of at least 4 members (excludes halogenated alkanes) is 1. The minimum Gasteiger partial charge on any atom is -0.493 e. The fourth-order valence-corrected chi connectivity index (χ4v) is 2.83. The van der Waals surface area contributed by atoms with Gasteiger partial charge in [0.15, 0.2) is 0 Å². The minimum atomic E-state index is 0.312. The number of para-hydroxylation sites is 2. The number of anilines is 1.